The minimum Gasteiger partial charge on any atom is -0.385 e. The molecule has 0 unspecified atom stereocenters. The molecule has 0 aromatic rings. The Balaban J connectivity index is 2.53. The van der Waals surface area contributed by atoms with E-state index in [1.807, 2.05) is 0 Å². The van der Waals surface area contributed by atoms with Crippen LogP contribution in [0.25, 0.3) is 0 Å². The third kappa shape index (κ3) is 5.25. The van der Waals surface area contributed by atoms with Gasteiger partial charge >= 0.3 is 0 Å². The first-order valence-electron chi connectivity index (χ1n) is 6.94. The summed E-state index contributed by atoms with van der Waals surface area (Å²) >= 11 is 0. The SMILES string of the molecule is COCCC1(CN=C(N)NC(C)(C)C)CCCC1. The van der Waals surface area contributed by atoms with Gasteiger partial charge in [-0.3, -0.25) is 4.99 Å². The highest BCUT2D eigenvalue weighted by Gasteiger charge is 2.33. The number of rotatable bonds is 5. The highest BCUT2D eigenvalue weighted by molar-refractivity contribution is 5.78. The van der Waals surface area contributed by atoms with Gasteiger partial charge in [0, 0.05) is 25.8 Å². The number of ether oxygens (including phenoxy) is 1. The minimum absolute atomic E-state index is 0.0248. The van der Waals surface area contributed by atoms with E-state index in [0.717, 1.165) is 19.6 Å². The van der Waals surface area contributed by atoms with Crippen molar-refractivity contribution in [2.24, 2.45) is 16.1 Å². The lowest BCUT2D eigenvalue weighted by atomic mass is 9.83. The fourth-order valence-electron chi connectivity index (χ4n) is 2.61. The second-order valence-corrected chi connectivity index (χ2v) is 6.53. The quantitative estimate of drug-likeness (QED) is 0.585. The zero-order valence-electron chi connectivity index (χ0n) is 12.4. The van der Waals surface area contributed by atoms with Gasteiger partial charge in [-0.1, -0.05) is 12.8 Å². The van der Waals surface area contributed by atoms with E-state index in [1.165, 1.54) is 25.7 Å². The lowest BCUT2D eigenvalue weighted by Crippen LogP contribution is -2.45. The zero-order valence-corrected chi connectivity index (χ0v) is 12.4. The third-order valence-corrected chi connectivity index (χ3v) is 3.59. The van der Waals surface area contributed by atoms with Crippen molar-refractivity contribution >= 4 is 5.96 Å². The Morgan fingerprint density at radius 2 is 1.94 bits per heavy atom. The summed E-state index contributed by atoms with van der Waals surface area (Å²) in [7, 11) is 1.77. The van der Waals surface area contributed by atoms with Crippen LogP contribution in [0.2, 0.25) is 0 Å². The van der Waals surface area contributed by atoms with Crippen molar-refractivity contribution in [3.63, 3.8) is 0 Å². The molecule has 0 aliphatic heterocycles. The second kappa shape index (κ2) is 6.41. The maximum absolute atomic E-state index is 5.93. The van der Waals surface area contributed by atoms with Gasteiger partial charge in [-0.05, 0) is 45.4 Å². The van der Waals surface area contributed by atoms with Gasteiger partial charge < -0.3 is 15.8 Å². The summed E-state index contributed by atoms with van der Waals surface area (Å²) in [6.45, 7) is 7.91. The number of hydrogen-bond acceptors (Lipinski definition) is 2. The van der Waals surface area contributed by atoms with Crippen molar-refractivity contribution in [3.05, 3.63) is 0 Å². The van der Waals surface area contributed by atoms with Gasteiger partial charge in [0.15, 0.2) is 5.96 Å². The molecule has 0 atom stereocenters. The average Bonchev–Trinajstić information content (AvgIpc) is 2.71. The Morgan fingerprint density at radius 1 is 1.33 bits per heavy atom. The first-order chi connectivity index (χ1) is 8.37. The lowest BCUT2D eigenvalue weighted by Gasteiger charge is -2.28. The molecule has 1 fully saturated rings. The molecule has 0 spiro atoms. The number of aliphatic imine (C=N–C) groups is 1. The molecule has 0 amide bonds. The van der Waals surface area contributed by atoms with E-state index in [-0.39, 0.29) is 5.54 Å². The monoisotopic (exact) mass is 255 g/mol. The zero-order chi connectivity index (χ0) is 13.6. The van der Waals surface area contributed by atoms with Crippen LogP contribution in [-0.4, -0.2) is 31.8 Å². The summed E-state index contributed by atoms with van der Waals surface area (Å²) < 4.78 is 5.22. The van der Waals surface area contributed by atoms with Gasteiger partial charge in [0.25, 0.3) is 0 Å². The first kappa shape index (κ1) is 15.3. The number of nitrogens with two attached hydrogens (primary N) is 1. The minimum atomic E-state index is -0.0248. The van der Waals surface area contributed by atoms with Crippen molar-refractivity contribution < 1.29 is 4.74 Å². The first-order valence-corrected chi connectivity index (χ1v) is 6.94. The number of nitrogens with one attached hydrogen (secondary N) is 1. The third-order valence-electron chi connectivity index (χ3n) is 3.59. The Bertz CT molecular complexity index is 275. The number of guanidine groups is 1. The molecule has 0 aromatic carbocycles. The molecular formula is C14H29N3O. The molecule has 18 heavy (non-hydrogen) atoms. The van der Waals surface area contributed by atoms with Crippen molar-refractivity contribution in [1.29, 1.82) is 0 Å². The molecule has 0 bridgehead atoms. The Labute approximate surface area is 111 Å². The molecule has 0 radical (unpaired) electrons. The van der Waals surface area contributed by atoms with E-state index in [4.69, 9.17) is 10.5 Å². The van der Waals surface area contributed by atoms with E-state index < -0.39 is 0 Å². The molecule has 1 rings (SSSR count). The van der Waals surface area contributed by atoms with Gasteiger partial charge in [-0.25, -0.2) is 0 Å². The van der Waals surface area contributed by atoms with Crippen LogP contribution in [0.3, 0.4) is 0 Å². The van der Waals surface area contributed by atoms with Crippen LogP contribution in [-0.2, 0) is 4.74 Å². The van der Waals surface area contributed by atoms with Crippen LogP contribution < -0.4 is 11.1 Å². The Morgan fingerprint density at radius 3 is 2.44 bits per heavy atom. The van der Waals surface area contributed by atoms with Crippen molar-refractivity contribution in [2.75, 3.05) is 20.3 Å². The molecule has 0 saturated heterocycles. The summed E-state index contributed by atoms with van der Waals surface area (Å²) in [5, 5.41) is 3.21. The molecule has 106 valence electrons. The van der Waals surface area contributed by atoms with E-state index in [9.17, 15) is 0 Å². The molecule has 4 heteroatoms. The van der Waals surface area contributed by atoms with Gasteiger partial charge in [0.05, 0.1) is 0 Å². The molecule has 3 N–H and O–H groups in total. The van der Waals surface area contributed by atoms with Gasteiger partial charge in [-0.15, -0.1) is 0 Å². The molecule has 0 aromatic heterocycles. The predicted molar refractivity (Wildman–Crippen MR) is 76.8 cm³/mol. The fraction of sp³-hybridized carbons (Fsp3) is 0.929. The van der Waals surface area contributed by atoms with E-state index in [0.29, 0.717) is 11.4 Å². The Kier molecular flexibility index (Phi) is 5.45. The average molecular weight is 255 g/mol. The molecular weight excluding hydrogens is 226 g/mol. The van der Waals surface area contributed by atoms with Crippen LogP contribution in [0.4, 0.5) is 0 Å². The van der Waals surface area contributed by atoms with Gasteiger partial charge in [-0.2, -0.15) is 0 Å². The molecule has 0 heterocycles. The van der Waals surface area contributed by atoms with E-state index in [1.54, 1.807) is 7.11 Å². The van der Waals surface area contributed by atoms with Gasteiger partial charge in [0.1, 0.15) is 0 Å². The van der Waals surface area contributed by atoms with Crippen LogP contribution in [0.15, 0.2) is 4.99 Å². The number of hydrogen-bond donors (Lipinski definition) is 2. The van der Waals surface area contributed by atoms with E-state index >= 15 is 0 Å². The normalized spacial score (nSPS) is 20.1. The highest BCUT2D eigenvalue weighted by Crippen LogP contribution is 2.41. The highest BCUT2D eigenvalue weighted by atomic mass is 16.5. The van der Waals surface area contributed by atoms with Crippen molar-refractivity contribution in [1.82, 2.24) is 5.32 Å². The predicted octanol–water partition coefficient (Wildman–Crippen LogP) is 2.29. The smallest absolute Gasteiger partial charge is 0.189 e. The largest absolute Gasteiger partial charge is 0.385 e. The maximum atomic E-state index is 5.93. The lowest BCUT2D eigenvalue weighted by molar-refractivity contribution is 0.141. The van der Waals surface area contributed by atoms with Gasteiger partial charge in [0.2, 0.25) is 0 Å². The van der Waals surface area contributed by atoms with Crippen LogP contribution in [0.1, 0.15) is 52.9 Å². The number of nitrogens with zero attached hydrogens (tertiary/aromatic N) is 1. The maximum Gasteiger partial charge on any atom is 0.189 e. The van der Waals surface area contributed by atoms with Crippen molar-refractivity contribution in [3.8, 4) is 0 Å². The molecule has 1 aliphatic rings. The summed E-state index contributed by atoms with van der Waals surface area (Å²) in [4.78, 5) is 4.54. The molecule has 1 aliphatic carbocycles. The van der Waals surface area contributed by atoms with Crippen LogP contribution in [0.5, 0.6) is 0 Å². The molecule has 1 saturated carbocycles. The topological polar surface area (TPSA) is 59.6 Å². The number of methoxy groups -OCH3 is 1. The molecule has 4 nitrogen and oxygen atoms in total. The fourth-order valence-corrected chi connectivity index (χ4v) is 2.61. The summed E-state index contributed by atoms with van der Waals surface area (Å²) in [6, 6.07) is 0. The standard InChI is InChI=1S/C14H29N3O/c1-13(2,3)17-12(15)16-11-14(9-10-18-4)7-5-6-8-14/h5-11H2,1-4H3,(H3,15,16,17). The summed E-state index contributed by atoms with van der Waals surface area (Å²) in [6.07, 6.45) is 6.22. The summed E-state index contributed by atoms with van der Waals surface area (Å²) in [5.41, 5.74) is 6.23. The summed E-state index contributed by atoms with van der Waals surface area (Å²) in [5.74, 6) is 0.561. The van der Waals surface area contributed by atoms with Crippen molar-refractivity contribution in [2.45, 2.75) is 58.4 Å². The Hall–Kier alpha value is -0.770. The van der Waals surface area contributed by atoms with Crippen LogP contribution >= 0.6 is 0 Å². The second-order valence-electron chi connectivity index (χ2n) is 6.53. The van der Waals surface area contributed by atoms with E-state index in [2.05, 4.69) is 31.1 Å². The van der Waals surface area contributed by atoms with Crippen LogP contribution in [0, 0.1) is 5.41 Å².